The second kappa shape index (κ2) is 5.27. The van der Waals surface area contributed by atoms with E-state index in [1.165, 1.54) is 11.3 Å². The summed E-state index contributed by atoms with van der Waals surface area (Å²) in [6, 6.07) is 1.80. The molecule has 0 radical (unpaired) electrons. The van der Waals surface area contributed by atoms with E-state index in [0.29, 0.717) is 0 Å². The van der Waals surface area contributed by atoms with Crippen LogP contribution in [0, 0.1) is 5.92 Å². The number of carbonyl (C=O) groups is 2. The first-order valence-corrected chi connectivity index (χ1v) is 5.84. The van der Waals surface area contributed by atoms with E-state index in [4.69, 9.17) is 10.2 Å². The summed E-state index contributed by atoms with van der Waals surface area (Å²) in [6.45, 7) is 0. The van der Waals surface area contributed by atoms with Crippen molar-refractivity contribution in [3.63, 3.8) is 0 Å². The fraction of sp³-hybridized carbons (Fsp3) is 0.333. The summed E-state index contributed by atoms with van der Waals surface area (Å²) in [4.78, 5) is 21.3. The number of carboxylic acid groups (broad SMARTS) is 2. The van der Waals surface area contributed by atoms with Crippen LogP contribution in [0.15, 0.2) is 15.2 Å². The number of thiophene rings is 1. The van der Waals surface area contributed by atoms with E-state index in [2.05, 4.69) is 15.9 Å². The van der Waals surface area contributed by atoms with Gasteiger partial charge in [-0.3, -0.25) is 9.59 Å². The number of halogens is 1. The molecule has 0 bridgehead atoms. The van der Waals surface area contributed by atoms with Crippen LogP contribution < -0.4 is 0 Å². The van der Waals surface area contributed by atoms with Gasteiger partial charge in [0.25, 0.3) is 0 Å². The molecular weight excluding hydrogens is 284 g/mol. The molecule has 0 saturated heterocycles. The lowest BCUT2D eigenvalue weighted by Gasteiger charge is -2.08. The standard InChI is InChI=1S/C9H9BrO4S/c10-8-5(1-2-15-8)3-6(9(13)14)4-7(11)12/h1-2,6H,3-4H2,(H,11,12)(H,13,14). The summed E-state index contributed by atoms with van der Waals surface area (Å²) >= 11 is 4.74. The van der Waals surface area contributed by atoms with Gasteiger partial charge in [0.2, 0.25) is 0 Å². The normalized spacial score (nSPS) is 12.3. The summed E-state index contributed by atoms with van der Waals surface area (Å²) in [5.74, 6) is -3.03. The molecule has 0 aliphatic heterocycles. The molecular formula is C9H9BrO4S. The molecule has 0 fully saturated rings. The highest BCUT2D eigenvalue weighted by Crippen LogP contribution is 2.26. The summed E-state index contributed by atoms with van der Waals surface area (Å²) in [5.41, 5.74) is 0.841. The van der Waals surface area contributed by atoms with Crippen molar-refractivity contribution in [1.82, 2.24) is 0 Å². The average Bonchev–Trinajstić information content (AvgIpc) is 2.50. The molecule has 0 saturated carbocycles. The first-order chi connectivity index (χ1) is 7.00. The lowest BCUT2D eigenvalue weighted by molar-refractivity contribution is -0.148. The topological polar surface area (TPSA) is 74.6 Å². The van der Waals surface area contributed by atoms with Crippen LogP contribution in [0.3, 0.4) is 0 Å². The van der Waals surface area contributed by atoms with Crippen LogP contribution in [0.5, 0.6) is 0 Å². The third kappa shape index (κ3) is 3.64. The molecule has 6 heteroatoms. The number of hydrogen-bond acceptors (Lipinski definition) is 3. The van der Waals surface area contributed by atoms with E-state index in [0.717, 1.165) is 9.35 Å². The second-order valence-corrected chi connectivity index (χ2v) is 5.29. The van der Waals surface area contributed by atoms with Crippen molar-refractivity contribution >= 4 is 39.2 Å². The Kier molecular flexibility index (Phi) is 4.28. The van der Waals surface area contributed by atoms with Gasteiger partial charge in [-0.05, 0) is 39.4 Å². The molecule has 1 heterocycles. The third-order valence-corrected chi connectivity index (χ3v) is 3.74. The zero-order valence-corrected chi connectivity index (χ0v) is 10.0. The van der Waals surface area contributed by atoms with Gasteiger partial charge in [-0.2, -0.15) is 0 Å². The summed E-state index contributed by atoms with van der Waals surface area (Å²) in [7, 11) is 0. The fourth-order valence-electron chi connectivity index (χ4n) is 1.19. The van der Waals surface area contributed by atoms with Crippen LogP contribution in [-0.2, 0) is 16.0 Å². The minimum absolute atomic E-state index is 0.242. The van der Waals surface area contributed by atoms with Gasteiger partial charge in [-0.15, -0.1) is 11.3 Å². The highest BCUT2D eigenvalue weighted by Gasteiger charge is 2.22. The van der Waals surface area contributed by atoms with Crippen molar-refractivity contribution in [2.75, 3.05) is 0 Å². The molecule has 1 aromatic heterocycles. The molecule has 1 aromatic rings. The first-order valence-electron chi connectivity index (χ1n) is 4.17. The predicted molar refractivity (Wildman–Crippen MR) is 59.1 cm³/mol. The van der Waals surface area contributed by atoms with Crippen molar-refractivity contribution in [3.8, 4) is 0 Å². The number of hydrogen-bond donors (Lipinski definition) is 2. The molecule has 0 aliphatic rings. The Hall–Kier alpha value is -0.880. The Morgan fingerprint density at radius 1 is 1.47 bits per heavy atom. The van der Waals surface area contributed by atoms with Crippen LogP contribution in [0.4, 0.5) is 0 Å². The van der Waals surface area contributed by atoms with E-state index < -0.39 is 17.9 Å². The summed E-state index contributed by atoms with van der Waals surface area (Å²) in [5, 5.41) is 19.2. The molecule has 0 aromatic carbocycles. The molecule has 4 nitrogen and oxygen atoms in total. The maximum absolute atomic E-state index is 10.8. The van der Waals surface area contributed by atoms with Gasteiger partial charge < -0.3 is 10.2 Å². The second-order valence-electron chi connectivity index (χ2n) is 3.06. The van der Waals surface area contributed by atoms with Crippen molar-refractivity contribution in [2.45, 2.75) is 12.8 Å². The van der Waals surface area contributed by atoms with Crippen LogP contribution >= 0.6 is 27.3 Å². The largest absolute Gasteiger partial charge is 0.481 e. The van der Waals surface area contributed by atoms with Gasteiger partial charge in [0.05, 0.1) is 16.1 Å². The summed E-state index contributed by atoms with van der Waals surface area (Å²) < 4.78 is 0.860. The minimum atomic E-state index is -1.09. The smallest absolute Gasteiger partial charge is 0.307 e. The van der Waals surface area contributed by atoms with Crippen LogP contribution in [-0.4, -0.2) is 22.2 Å². The van der Waals surface area contributed by atoms with E-state index in [1.807, 2.05) is 5.38 Å². The van der Waals surface area contributed by atoms with Gasteiger partial charge in [0, 0.05) is 0 Å². The van der Waals surface area contributed by atoms with Crippen molar-refractivity contribution in [2.24, 2.45) is 5.92 Å². The highest BCUT2D eigenvalue weighted by molar-refractivity contribution is 9.11. The van der Waals surface area contributed by atoms with Gasteiger partial charge in [0.1, 0.15) is 0 Å². The quantitative estimate of drug-likeness (QED) is 0.873. The van der Waals surface area contributed by atoms with Gasteiger partial charge >= 0.3 is 11.9 Å². The molecule has 0 aliphatic carbocycles. The molecule has 2 N–H and O–H groups in total. The number of carboxylic acids is 2. The van der Waals surface area contributed by atoms with E-state index in [9.17, 15) is 9.59 Å². The molecule has 15 heavy (non-hydrogen) atoms. The lowest BCUT2D eigenvalue weighted by atomic mass is 9.98. The zero-order valence-electron chi connectivity index (χ0n) is 7.64. The number of aliphatic carboxylic acids is 2. The average molecular weight is 293 g/mol. The highest BCUT2D eigenvalue weighted by atomic mass is 79.9. The van der Waals surface area contributed by atoms with Crippen molar-refractivity contribution in [1.29, 1.82) is 0 Å². The maximum Gasteiger partial charge on any atom is 0.307 e. The molecule has 82 valence electrons. The predicted octanol–water partition coefficient (Wildman–Crippen LogP) is 2.23. The fourth-order valence-corrected chi connectivity index (χ4v) is 2.46. The van der Waals surface area contributed by atoms with Gasteiger partial charge in [0.15, 0.2) is 0 Å². The number of rotatable bonds is 5. The van der Waals surface area contributed by atoms with Gasteiger partial charge in [-0.25, -0.2) is 0 Å². The molecule has 0 spiro atoms. The van der Waals surface area contributed by atoms with E-state index in [1.54, 1.807) is 6.07 Å². The van der Waals surface area contributed by atoms with Crippen molar-refractivity contribution in [3.05, 3.63) is 20.8 Å². The van der Waals surface area contributed by atoms with Crippen molar-refractivity contribution < 1.29 is 19.8 Å². The molecule has 1 rings (SSSR count). The van der Waals surface area contributed by atoms with E-state index in [-0.39, 0.29) is 12.8 Å². The maximum atomic E-state index is 10.8. The van der Waals surface area contributed by atoms with Crippen LogP contribution in [0.2, 0.25) is 0 Å². The zero-order chi connectivity index (χ0) is 11.4. The Balaban J connectivity index is 2.71. The van der Waals surface area contributed by atoms with Crippen LogP contribution in [0.1, 0.15) is 12.0 Å². The Labute approximate surface area is 98.7 Å². The SMILES string of the molecule is O=C(O)CC(Cc1ccsc1Br)C(=O)O. The molecule has 1 unspecified atom stereocenters. The van der Waals surface area contributed by atoms with Gasteiger partial charge in [-0.1, -0.05) is 0 Å². The first kappa shape index (κ1) is 12.2. The minimum Gasteiger partial charge on any atom is -0.481 e. The van der Waals surface area contributed by atoms with Crippen LogP contribution in [0.25, 0.3) is 0 Å². The molecule has 1 atom stereocenters. The monoisotopic (exact) mass is 292 g/mol. The Morgan fingerprint density at radius 2 is 2.13 bits per heavy atom. The Bertz CT molecular complexity index is 374. The van der Waals surface area contributed by atoms with E-state index >= 15 is 0 Å². The Morgan fingerprint density at radius 3 is 2.53 bits per heavy atom. The summed E-state index contributed by atoms with van der Waals surface area (Å²) in [6.07, 6.45) is -0.108. The lowest BCUT2D eigenvalue weighted by Crippen LogP contribution is -2.20. The molecule has 0 amide bonds. The third-order valence-electron chi connectivity index (χ3n) is 1.93.